The first-order chi connectivity index (χ1) is 4.75. The molecule has 0 aliphatic carbocycles. The Bertz CT molecular complexity index is 137. The van der Waals surface area contributed by atoms with E-state index in [1.165, 1.54) is 7.11 Å². The molecule has 0 aromatic heterocycles. The van der Waals surface area contributed by atoms with E-state index < -0.39 is 6.04 Å². The monoisotopic (exact) mass is 145 g/mol. The zero-order chi connectivity index (χ0) is 7.56. The molecule has 0 aromatic rings. The van der Waals surface area contributed by atoms with E-state index in [1.54, 1.807) is 0 Å². The van der Waals surface area contributed by atoms with E-state index in [2.05, 4.69) is 4.74 Å². The Labute approximate surface area is 59.3 Å². The fraction of sp³-hybridized carbons (Fsp3) is 0.833. The smallest absolute Gasteiger partial charge is 0.325 e. The largest absolute Gasteiger partial charge is 0.468 e. The van der Waals surface area contributed by atoms with Gasteiger partial charge < -0.3 is 9.94 Å². The normalized spacial score (nSPS) is 26.8. The second kappa shape index (κ2) is 2.98. The molecule has 1 aliphatic rings. The van der Waals surface area contributed by atoms with Gasteiger partial charge in [-0.15, -0.1) is 0 Å². The summed E-state index contributed by atoms with van der Waals surface area (Å²) in [7, 11) is 1.33. The van der Waals surface area contributed by atoms with Crippen molar-refractivity contribution >= 4 is 5.97 Å². The third-order valence-corrected chi connectivity index (χ3v) is 1.70. The number of rotatable bonds is 1. The SMILES string of the molecule is COC(=O)[C@H]1CCCN1O. The highest BCUT2D eigenvalue weighted by Gasteiger charge is 2.30. The minimum absolute atomic E-state index is 0.347. The molecule has 1 N–H and O–H groups in total. The van der Waals surface area contributed by atoms with Crippen LogP contribution in [0.25, 0.3) is 0 Å². The maximum absolute atomic E-state index is 10.8. The molecule has 1 aliphatic heterocycles. The zero-order valence-corrected chi connectivity index (χ0v) is 5.91. The molecule has 0 saturated carbocycles. The van der Waals surface area contributed by atoms with Crippen molar-refractivity contribution in [2.24, 2.45) is 0 Å². The molecule has 1 saturated heterocycles. The number of hydrogen-bond acceptors (Lipinski definition) is 4. The number of esters is 1. The van der Waals surface area contributed by atoms with E-state index in [1.807, 2.05) is 0 Å². The van der Waals surface area contributed by atoms with Gasteiger partial charge in [0.1, 0.15) is 6.04 Å². The van der Waals surface area contributed by atoms with E-state index in [9.17, 15) is 4.79 Å². The van der Waals surface area contributed by atoms with E-state index in [0.29, 0.717) is 13.0 Å². The molecule has 1 fully saturated rings. The Morgan fingerprint density at radius 2 is 2.50 bits per heavy atom. The van der Waals surface area contributed by atoms with Gasteiger partial charge in [0.25, 0.3) is 0 Å². The summed E-state index contributed by atoms with van der Waals surface area (Å²) in [5.74, 6) is -0.347. The predicted octanol–water partition coefficient (Wildman–Crippen LogP) is 0.0130. The molecular weight excluding hydrogens is 134 g/mol. The van der Waals surface area contributed by atoms with Crippen LogP contribution in [-0.2, 0) is 9.53 Å². The van der Waals surface area contributed by atoms with Crippen LogP contribution < -0.4 is 0 Å². The van der Waals surface area contributed by atoms with Crippen molar-refractivity contribution in [2.75, 3.05) is 13.7 Å². The fourth-order valence-electron chi connectivity index (χ4n) is 1.13. The van der Waals surface area contributed by atoms with Crippen LogP contribution in [-0.4, -0.2) is 35.9 Å². The third kappa shape index (κ3) is 1.27. The molecule has 58 valence electrons. The highest BCUT2D eigenvalue weighted by Crippen LogP contribution is 2.14. The maximum Gasteiger partial charge on any atom is 0.325 e. The summed E-state index contributed by atoms with van der Waals surface area (Å²) >= 11 is 0. The zero-order valence-electron chi connectivity index (χ0n) is 5.91. The number of hydroxylamine groups is 2. The summed E-state index contributed by atoms with van der Waals surface area (Å²) in [6.45, 7) is 0.569. The number of ether oxygens (including phenoxy) is 1. The topological polar surface area (TPSA) is 49.8 Å². The van der Waals surface area contributed by atoms with Crippen LogP contribution in [0, 0.1) is 0 Å². The second-order valence-electron chi connectivity index (χ2n) is 2.34. The van der Waals surface area contributed by atoms with Gasteiger partial charge in [-0.25, -0.2) is 0 Å². The van der Waals surface area contributed by atoms with Crippen LogP contribution >= 0.6 is 0 Å². The van der Waals surface area contributed by atoms with Gasteiger partial charge in [0, 0.05) is 6.54 Å². The lowest BCUT2D eigenvalue weighted by Crippen LogP contribution is -2.34. The van der Waals surface area contributed by atoms with Crippen LogP contribution in [0.2, 0.25) is 0 Å². The Hall–Kier alpha value is -0.610. The average Bonchev–Trinajstić information content (AvgIpc) is 2.34. The second-order valence-corrected chi connectivity index (χ2v) is 2.34. The number of carbonyl (C=O) groups excluding carboxylic acids is 1. The lowest BCUT2D eigenvalue weighted by atomic mass is 10.2. The van der Waals surface area contributed by atoms with Gasteiger partial charge in [-0.3, -0.25) is 4.79 Å². The van der Waals surface area contributed by atoms with Crippen molar-refractivity contribution in [3.8, 4) is 0 Å². The highest BCUT2D eigenvalue weighted by molar-refractivity contribution is 5.75. The van der Waals surface area contributed by atoms with E-state index in [4.69, 9.17) is 5.21 Å². The average molecular weight is 145 g/mol. The molecule has 0 radical (unpaired) electrons. The summed E-state index contributed by atoms with van der Waals surface area (Å²) < 4.78 is 4.46. The first kappa shape index (κ1) is 7.50. The fourth-order valence-corrected chi connectivity index (χ4v) is 1.13. The molecule has 10 heavy (non-hydrogen) atoms. The first-order valence-electron chi connectivity index (χ1n) is 3.29. The van der Waals surface area contributed by atoms with Crippen LogP contribution in [0.3, 0.4) is 0 Å². The van der Waals surface area contributed by atoms with Crippen LogP contribution in [0.5, 0.6) is 0 Å². The number of hydrogen-bond donors (Lipinski definition) is 1. The number of methoxy groups -OCH3 is 1. The summed E-state index contributed by atoms with van der Waals surface area (Å²) in [5.41, 5.74) is 0. The van der Waals surface area contributed by atoms with Crippen molar-refractivity contribution in [2.45, 2.75) is 18.9 Å². The van der Waals surface area contributed by atoms with E-state index in [-0.39, 0.29) is 5.97 Å². The Morgan fingerprint density at radius 3 is 2.90 bits per heavy atom. The van der Waals surface area contributed by atoms with Gasteiger partial charge in [-0.1, -0.05) is 0 Å². The predicted molar refractivity (Wildman–Crippen MR) is 33.5 cm³/mol. The molecule has 0 unspecified atom stereocenters. The molecule has 0 aromatic carbocycles. The molecule has 4 nitrogen and oxygen atoms in total. The van der Waals surface area contributed by atoms with Gasteiger partial charge in [0.15, 0.2) is 0 Å². The van der Waals surface area contributed by atoms with Crippen molar-refractivity contribution in [3.63, 3.8) is 0 Å². The van der Waals surface area contributed by atoms with Gasteiger partial charge in [-0.05, 0) is 12.8 Å². The molecule has 4 heteroatoms. The quantitative estimate of drug-likeness (QED) is 0.528. The molecule has 0 amide bonds. The molecule has 1 atom stereocenters. The Morgan fingerprint density at radius 1 is 1.80 bits per heavy atom. The molecule has 1 heterocycles. The van der Waals surface area contributed by atoms with Gasteiger partial charge >= 0.3 is 5.97 Å². The van der Waals surface area contributed by atoms with Gasteiger partial charge in [0.05, 0.1) is 7.11 Å². The maximum atomic E-state index is 10.8. The van der Waals surface area contributed by atoms with Crippen molar-refractivity contribution in [3.05, 3.63) is 0 Å². The lowest BCUT2D eigenvalue weighted by Gasteiger charge is -2.13. The minimum atomic E-state index is -0.426. The van der Waals surface area contributed by atoms with Crippen molar-refractivity contribution in [1.82, 2.24) is 5.06 Å². The van der Waals surface area contributed by atoms with Gasteiger partial charge in [0.2, 0.25) is 0 Å². The van der Waals surface area contributed by atoms with Crippen LogP contribution in [0.4, 0.5) is 0 Å². The standard InChI is InChI=1S/C6H11NO3/c1-10-6(8)5-3-2-4-7(5)9/h5,9H,2-4H2,1H3/t5-/m1/s1. The molecule has 1 rings (SSSR count). The van der Waals surface area contributed by atoms with Crippen molar-refractivity contribution < 1.29 is 14.7 Å². The van der Waals surface area contributed by atoms with E-state index in [0.717, 1.165) is 11.5 Å². The molecule has 0 bridgehead atoms. The third-order valence-electron chi connectivity index (χ3n) is 1.70. The minimum Gasteiger partial charge on any atom is -0.468 e. The Kier molecular flexibility index (Phi) is 2.24. The van der Waals surface area contributed by atoms with Crippen LogP contribution in [0.15, 0.2) is 0 Å². The van der Waals surface area contributed by atoms with Gasteiger partial charge in [-0.2, -0.15) is 5.06 Å². The molecule has 0 spiro atoms. The summed E-state index contributed by atoms with van der Waals surface area (Å²) in [5, 5.41) is 10.1. The lowest BCUT2D eigenvalue weighted by molar-refractivity contribution is -0.164. The van der Waals surface area contributed by atoms with Crippen molar-refractivity contribution in [1.29, 1.82) is 0 Å². The molecular formula is C6H11NO3. The van der Waals surface area contributed by atoms with Crippen LogP contribution in [0.1, 0.15) is 12.8 Å². The number of carbonyl (C=O) groups is 1. The van der Waals surface area contributed by atoms with E-state index >= 15 is 0 Å². The highest BCUT2D eigenvalue weighted by atomic mass is 16.5. The Balaban J connectivity index is 2.46. The number of nitrogens with zero attached hydrogens (tertiary/aromatic N) is 1. The summed E-state index contributed by atoms with van der Waals surface area (Å²) in [4.78, 5) is 10.8. The summed E-state index contributed by atoms with van der Waals surface area (Å²) in [6.07, 6.45) is 1.56. The summed E-state index contributed by atoms with van der Waals surface area (Å²) in [6, 6.07) is -0.426. The first-order valence-corrected chi connectivity index (χ1v) is 3.29.